The first-order chi connectivity index (χ1) is 13.9. The van der Waals surface area contributed by atoms with Gasteiger partial charge >= 0.3 is 0 Å². The van der Waals surface area contributed by atoms with Crippen molar-refractivity contribution in [2.75, 3.05) is 39.7 Å². The lowest BCUT2D eigenvalue weighted by molar-refractivity contribution is 0.0737. The molecule has 0 aliphatic heterocycles. The molecule has 2 aliphatic rings. The number of nitrogens with zero attached hydrogens (tertiary/aromatic N) is 1. The molecule has 0 aromatic heterocycles. The number of carbonyl (C=O) groups is 1. The molecule has 2 fully saturated rings. The fourth-order valence-corrected chi connectivity index (χ4v) is 6.47. The third-order valence-electron chi connectivity index (χ3n) is 7.17. The number of benzene rings is 1. The first-order valence-electron chi connectivity index (χ1n) is 10.5. The maximum atomic E-state index is 13.2. The van der Waals surface area contributed by atoms with Crippen molar-refractivity contribution < 1.29 is 17.9 Å². The van der Waals surface area contributed by atoms with Gasteiger partial charge in [0, 0.05) is 39.4 Å². The number of anilines is 1. The molecule has 0 spiro atoms. The molecule has 1 aromatic rings. The van der Waals surface area contributed by atoms with Gasteiger partial charge in [0.05, 0.1) is 12.3 Å². The Morgan fingerprint density at radius 2 is 1.97 bits per heavy atom. The van der Waals surface area contributed by atoms with Crippen LogP contribution in [-0.2, 0) is 14.8 Å². The van der Waals surface area contributed by atoms with Gasteiger partial charge in [0.1, 0.15) is 4.90 Å². The van der Waals surface area contributed by atoms with Crippen LogP contribution in [0.15, 0.2) is 23.1 Å². The van der Waals surface area contributed by atoms with Crippen LogP contribution < -0.4 is 10.6 Å². The number of sulfonamides is 1. The number of nitrogens with one attached hydrogen (secondary N) is 2. The van der Waals surface area contributed by atoms with Crippen LogP contribution >= 0.6 is 0 Å². The second-order valence-electron chi connectivity index (χ2n) is 9.74. The number of carbonyl (C=O) groups excluding carboxylic acids is 1. The fraction of sp³-hybridized carbons (Fsp3) is 0.682. The van der Waals surface area contributed by atoms with Crippen LogP contribution in [0.2, 0.25) is 0 Å². The van der Waals surface area contributed by atoms with Crippen LogP contribution in [0.5, 0.6) is 0 Å². The molecule has 0 radical (unpaired) electrons. The highest BCUT2D eigenvalue weighted by molar-refractivity contribution is 7.89. The van der Waals surface area contributed by atoms with Crippen LogP contribution in [-0.4, -0.2) is 59.0 Å². The Morgan fingerprint density at radius 1 is 1.27 bits per heavy atom. The van der Waals surface area contributed by atoms with Gasteiger partial charge in [-0.05, 0) is 54.2 Å². The van der Waals surface area contributed by atoms with Gasteiger partial charge in [0.15, 0.2) is 0 Å². The maximum Gasteiger partial charge on any atom is 0.251 e. The van der Waals surface area contributed by atoms with Crippen molar-refractivity contribution in [2.45, 2.75) is 51.0 Å². The Hall–Kier alpha value is -1.64. The molecular formula is C22H35N3O4S. The van der Waals surface area contributed by atoms with E-state index in [1.165, 1.54) is 26.6 Å². The Balaban J connectivity index is 1.89. The van der Waals surface area contributed by atoms with Crippen LogP contribution in [0.3, 0.4) is 0 Å². The van der Waals surface area contributed by atoms with Crippen molar-refractivity contribution in [3.8, 4) is 0 Å². The highest BCUT2D eigenvalue weighted by atomic mass is 32.2. The lowest BCUT2D eigenvalue weighted by Crippen LogP contribution is -2.52. The quantitative estimate of drug-likeness (QED) is 0.611. The molecular weight excluding hydrogens is 402 g/mol. The Bertz CT molecular complexity index is 908. The first-order valence-corrected chi connectivity index (χ1v) is 12.0. The van der Waals surface area contributed by atoms with E-state index in [0.29, 0.717) is 30.3 Å². The smallest absolute Gasteiger partial charge is 0.251 e. The number of fused-ring (bicyclic) bond motifs is 2. The molecule has 30 heavy (non-hydrogen) atoms. The summed E-state index contributed by atoms with van der Waals surface area (Å²) in [7, 11) is 0.838. The summed E-state index contributed by atoms with van der Waals surface area (Å²) in [6.45, 7) is 7.64. The fourth-order valence-electron chi connectivity index (χ4n) is 5.38. The molecule has 8 heteroatoms. The minimum absolute atomic E-state index is 0.0306. The van der Waals surface area contributed by atoms with Crippen LogP contribution in [0.25, 0.3) is 0 Å². The molecule has 0 heterocycles. The van der Waals surface area contributed by atoms with Gasteiger partial charge < -0.3 is 15.4 Å². The highest BCUT2D eigenvalue weighted by Crippen LogP contribution is 2.62. The number of amides is 1. The van der Waals surface area contributed by atoms with Crippen LogP contribution in [0.1, 0.15) is 50.4 Å². The van der Waals surface area contributed by atoms with E-state index in [-0.39, 0.29) is 27.7 Å². The summed E-state index contributed by atoms with van der Waals surface area (Å²) in [5.41, 5.74) is 0.951. The minimum atomic E-state index is -3.72. The Labute approximate surface area is 180 Å². The van der Waals surface area contributed by atoms with Gasteiger partial charge in [-0.3, -0.25) is 4.79 Å². The number of rotatable bonds is 8. The summed E-state index contributed by atoms with van der Waals surface area (Å²) in [5, 5.41) is 6.34. The molecule has 2 saturated carbocycles. The van der Waals surface area contributed by atoms with Crippen LogP contribution in [0.4, 0.5) is 5.69 Å². The molecule has 7 nitrogen and oxygen atoms in total. The largest absolute Gasteiger partial charge is 0.383 e. The molecule has 1 aromatic carbocycles. The third kappa shape index (κ3) is 3.97. The van der Waals surface area contributed by atoms with E-state index in [4.69, 9.17) is 4.74 Å². The molecule has 2 N–H and O–H groups in total. The second-order valence-corrected chi connectivity index (χ2v) is 11.9. The third-order valence-corrected chi connectivity index (χ3v) is 9.02. The number of hydrogen-bond donors (Lipinski definition) is 2. The summed E-state index contributed by atoms with van der Waals surface area (Å²) < 4.78 is 32.0. The monoisotopic (exact) mass is 437 g/mol. The van der Waals surface area contributed by atoms with Crippen molar-refractivity contribution in [1.82, 2.24) is 9.62 Å². The summed E-state index contributed by atoms with van der Waals surface area (Å²) in [5.74, 6) is 0.394. The zero-order valence-electron chi connectivity index (χ0n) is 18.9. The minimum Gasteiger partial charge on any atom is -0.383 e. The van der Waals surface area contributed by atoms with Crippen molar-refractivity contribution in [2.24, 2.45) is 16.7 Å². The molecule has 2 aliphatic carbocycles. The summed E-state index contributed by atoms with van der Waals surface area (Å²) >= 11 is 0. The van der Waals surface area contributed by atoms with E-state index >= 15 is 0 Å². The standard InChI is InChI=1S/C22H35N3O4S/c1-21(2)16-9-10-22(3,14-16)20(21)24-19(26)15-7-8-17(23-11-12-29-6)18(13-15)30(27,28)25(4)5/h7-8,13,16,20,23H,9-12,14H2,1-6H3,(H,24,26)/t16-,20?,22+/m1/s1. The van der Waals surface area contributed by atoms with Crippen LogP contribution in [0, 0.1) is 16.7 Å². The molecule has 2 bridgehead atoms. The Morgan fingerprint density at radius 3 is 2.53 bits per heavy atom. The maximum absolute atomic E-state index is 13.2. The van der Waals surface area contributed by atoms with E-state index < -0.39 is 10.0 Å². The lowest BCUT2D eigenvalue weighted by Gasteiger charge is -2.43. The highest BCUT2D eigenvalue weighted by Gasteiger charge is 2.59. The molecule has 168 valence electrons. The van der Waals surface area contributed by atoms with Gasteiger partial charge in [-0.25, -0.2) is 12.7 Å². The normalized spacial score (nSPS) is 27.4. The van der Waals surface area contributed by atoms with Crippen molar-refractivity contribution >= 4 is 21.6 Å². The number of methoxy groups -OCH3 is 1. The van der Waals surface area contributed by atoms with Crippen molar-refractivity contribution in [3.63, 3.8) is 0 Å². The molecule has 3 atom stereocenters. The van der Waals surface area contributed by atoms with E-state index in [1.807, 2.05) is 0 Å². The zero-order valence-corrected chi connectivity index (χ0v) is 19.7. The summed E-state index contributed by atoms with van der Waals surface area (Å²) in [4.78, 5) is 13.3. The molecule has 0 saturated heterocycles. The van der Waals surface area contributed by atoms with Gasteiger partial charge in [0.25, 0.3) is 5.91 Å². The average molecular weight is 438 g/mol. The van der Waals surface area contributed by atoms with Crippen molar-refractivity contribution in [1.29, 1.82) is 0 Å². The predicted octanol–water partition coefficient (Wildman–Crippen LogP) is 2.94. The lowest BCUT2D eigenvalue weighted by atomic mass is 9.68. The second kappa shape index (κ2) is 8.13. The van der Waals surface area contributed by atoms with Gasteiger partial charge in [0.2, 0.25) is 10.0 Å². The van der Waals surface area contributed by atoms with Gasteiger partial charge in [-0.2, -0.15) is 0 Å². The Kier molecular flexibility index (Phi) is 6.24. The topological polar surface area (TPSA) is 87.7 Å². The zero-order chi connectivity index (χ0) is 22.3. The van der Waals surface area contributed by atoms with E-state index in [9.17, 15) is 13.2 Å². The summed E-state index contributed by atoms with van der Waals surface area (Å²) in [6, 6.07) is 4.89. The predicted molar refractivity (Wildman–Crippen MR) is 118 cm³/mol. The van der Waals surface area contributed by atoms with Gasteiger partial charge in [-0.1, -0.05) is 20.8 Å². The number of hydrogen-bond acceptors (Lipinski definition) is 5. The first kappa shape index (κ1) is 23.0. The van der Waals surface area contributed by atoms with E-state index in [2.05, 4.69) is 31.4 Å². The van der Waals surface area contributed by atoms with E-state index in [0.717, 1.165) is 17.1 Å². The SMILES string of the molecule is COCCNc1ccc(C(=O)NC2C(C)(C)[C@@H]3CC[C@@]2(C)C3)cc1S(=O)(=O)N(C)C. The van der Waals surface area contributed by atoms with Crippen molar-refractivity contribution in [3.05, 3.63) is 23.8 Å². The molecule has 1 amide bonds. The van der Waals surface area contributed by atoms with E-state index in [1.54, 1.807) is 19.2 Å². The molecule has 1 unspecified atom stereocenters. The average Bonchev–Trinajstić information content (AvgIpc) is 3.16. The molecule has 3 rings (SSSR count). The van der Waals surface area contributed by atoms with Gasteiger partial charge in [-0.15, -0.1) is 0 Å². The summed E-state index contributed by atoms with van der Waals surface area (Å²) in [6.07, 6.45) is 3.46. The number of ether oxygens (including phenoxy) is 1.